The molecule has 1 amide bonds. The SMILES string of the molecule is Cc1cc(C)c(CNC(=O)c2cc(OC3CCN(C)CC3)cc(N(C)C3CCCC3)c2C)c(=O)[nH]1. The van der Waals surface area contributed by atoms with Crippen molar-refractivity contribution in [2.45, 2.75) is 78.0 Å². The van der Waals surface area contributed by atoms with Gasteiger partial charge < -0.3 is 24.8 Å². The second-order valence-electron chi connectivity index (χ2n) is 10.4. The number of H-pyrrole nitrogens is 1. The molecule has 0 bridgehead atoms. The van der Waals surface area contributed by atoms with E-state index in [0.717, 1.165) is 54.2 Å². The number of ether oxygens (including phenoxy) is 1. The number of aromatic nitrogens is 1. The molecule has 2 aromatic rings. The van der Waals surface area contributed by atoms with E-state index in [1.807, 2.05) is 32.9 Å². The Kier molecular flexibility index (Phi) is 7.85. The molecule has 35 heavy (non-hydrogen) atoms. The number of hydrogen-bond donors (Lipinski definition) is 2. The molecule has 1 aliphatic heterocycles. The number of nitrogens with zero attached hydrogens (tertiary/aromatic N) is 2. The molecule has 7 heteroatoms. The summed E-state index contributed by atoms with van der Waals surface area (Å²) in [5, 5.41) is 2.99. The van der Waals surface area contributed by atoms with E-state index in [2.05, 4.69) is 40.3 Å². The molecule has 4 rings (SSSR count). The summed E-state index contributed by atoms with van der Waals surface area (Å²) < 4.78 is 6.43. The third-order valence-corrected chi connectivity index (χ3v) is 7.74. The van der Waals surface area contributed by atoms with Crippen LogP contribution in [0.25, 0.3) is 0 Å². The lowest BCUT2D eigenvalue weighted by atomic mass is 10.0. The van der Waals surface area contributed by atoms with E-state index < -0.39 is 0 Å². The minimum Gasteiger partial charge on any atom is -0.490 e. The first-order valence-corrected chi connectivity index (χ1v) is 12.9. The van der Waals surface area contributed by atoms with Gasteiger partial charge in [0, 0.05) is 61.3 Å². The monoisotopic (exact) mass is 480 g/mol. The molecule has 190 valence electrons. The number of nitrogens with one attached hydrogen (secondary N) is 2. The Morgan fingerprint density at radius 3 is 2.46 bits per heavy atom. The number of benzene rings is 1. The fourth-order valence-electron chi connectivity index (χ4n) is 5.49. The third-order valence-electron chi connectivity index (χ3n) is 7.74. The van der Waals surface area contributed by atoms with Gasteiger partial charge in [-0.15, -0.1) is 0 Å². The van der Waals surface area contributed by atoms with E-state index in [9.17, 15) is 9.59 Å². The van der Waals surface area contributed by atoms with Crippen LogP contribution in [0.15, 0.2) is 23.0 Å². The average Bonchev–Trinajstić information content (AvgIpc) is 3.35. The first-order chi connectivity index (χ1) is 16.7. The van der Waals surface area contributed by atoms with Crippen LogP contribution in [-0.4, -0.2) is 55.1 Å². The zero-order valence-electron chi connectivity index (χ0n) is 21.9. The maximum atomic E-state index is 13.4. The van der Waals surface area contributed by atoms with Crippen LogP contribution in [0.2, 0.25) is 0 Å². The molecule has 2 aliphatic rings. The van der Waals surface area contributed by atoms with Gasteiger partial charge in [-0.05, 0) is 76.8 Å². The summed E-state index contributed by atoms with van der Waals surface area (Å²) in [5.74, 6) is 0.566. The van der Waals surface area contributed by atoms with Crippen LogP contribution < -0.4 is 20.5 Å². The number of anilines is 1. The fraction of sp³-hybridized carbons (Fsp3) is 0.571. The smallest absolute Gasteiger partial charge is 0.253 e. The molecular formula is C28H40N4O3. The second-order valence-corrected chi connectivity index (χ2v) is 10.4. The van der Waals surface area contributed by atoms with Crippen LogP contribution in [0.3, 0.4) is 0 Å². The predicted molar refractivity (Wildman–Crippen MR) is 141 cm³/mol. The summed E-state index contributed by atoms with van der Waals surface area (Å²) in [6.07, 6.45) is 6.96. The Bertz CT molecular complexity index is 1110. The molecule has 1 saturated heterocycles. The van der Waals surface area contributed by atoms with E-state index in [0.29, 0.717) is 17.2 Å². The maximum absolute atomic E-state index is 13.4. The quantitative estimate of drug-likeness (QED) is 0.624. The first-order valence-electron chi connectivity index (χ1n) is 12.9. The van der Waals surface area contributed by atoms with Gasteiger partial charge in [0.1, 0.15) is 11.9 Å². The van der Waals surface area contributed by atoms with E-state index in [4.69, 9.17) is 4.74 Å². The third kappa shape index (κ3) is 5.89. The van der Waals surface area contributed by atoms with Crippen LogP contribution in [0.5, 0.6) is 5.75 Å². The van der Waals surface area contributed by atoms with Crippen molar-refractivity contribution in [1.29, 1.82) is 0 Å². The predicted octanol–water partition coefficient (Wildman–Crippen LogP) is 4.08. The molecular weight excluding hydrogens is 440 g/mol. The number of aromatic amines is 1. The van der Waals surface area contributed by atoms with Crippen molar-refractivity contribution in [3.8, 4) is 5.75 Å². The van der Waals surface area contributed by atoms with Crippen LogP contribution in [-0.2, 0) is 6.54 Å². The van der Waals surface area contributed by atoms with Crippen molar-refractivity contribution in [2.24, 2.45) is 0 Å². The van der Waals surface area contributed by atoms with Crippen molar-refractivity contribution in [3.05, 3.63) is 56.5 Å². The normalized spacial score (nSPS) is 17.5. The standard InChI is InChI=1S/C28H40N4O3/c1-18-14-19(2)30-28(34)25(18)17-29-27(33)24-15-23(35-22-10-12-31(4)13-11-22)16-26(20(24)3)32(5)21-8-6-7-9-21/h14-16,21-22H,6-13,17H2,1-5H3,(H,29,33)(H,30,34). The number of rotatable bonds is 7. The van der Waals surface area contributed by atoms with Crippen molar-refractivity contribution >= 4 is 11.6 Å². The van der Waals surface area contributed by atoms with Crippen LogP contribution in [0.4, 0.5) is 5.69 Å². The van der Waals surface area contributed by atoms with Gasteiger partial charge >= 0.3 is 0 Å². The van der Waals surface area contributed by atoms with Gasteiger partial charge in [-0.25, -0.2) is 0 Å². The lowest BCUT2D eigenvalue weighted by Gasteiger charge is -2.32. The molecule has 0 spiro atoms. The highest BCUT2D eigenvalue weighted by Crippen LogP contribution is 2.34. The Balaban J connectivity index is 1.60. The number of aryl methyl sites for hydroxylation is 2. The lowest BCUT2D eigenvalue weighted by molar-refractivity contribution is 0.0946. The highest BCUT2D eigenvalue weighted by Gasteiger charge is 2.25. The van der Waals surface area contributed by atoms with E-state index >= 15 is 0 Å². The molecule has 2 heterocycles. The summed E-state index contributed by atoms with van der Waals surface area (Å²) in [5.41, 5.74) is 4.74. The second kappa shape index (κ2) is 10.9. The summed E-state index contributed by atoms with van der Waals surface area (Å²) >= 11 is 0. The molecule has 7 nitrogen and oxygen atoms in total. The average molecular weight is 481 g/mol. The maximum Gasteiger partial charge on any atom is 0.253 e. The first kappa shape index (κ1) is 25.3. The van der Waals surface area contributed by atoms with Gasteiger partial charge in [-0.1, -0.05) is 12.8 Å². The minimum absolute atomic E-state index is 0.152. The van der Waals surface area contributed by atoms with Crippen molar-refractivity contribution < 1.29 is 9.53 Å². The number of piperidine rings is 1. The summed E-state index contributed by atoms with van der Waals surface area (Å²) in [4.78, 5) is 33.3. The number of carbonyl (C=O) groups is 1. The number of pyridine rings is 1. The minimum atomic E-state index is -0.184. The van der Waals surface area contributed by atoms with Gasteiger partial charge in [-0.2, -0.15) is 0 Å². The Morgan fingerprint density at radius 1 is 1.11 bits per heavy atom. The van der Waals surface area contributed by atoms with Gasteiger partial charge in [0.05, 0.1) is 0 Å². The molecule has 0 unspecified atom stereocenters. The van der Waals surface area contributed by atoms with Crippen LogP contribution in [0.1, 0.15) is 71.3 Å². The summed E-state index contributed by atoms with van der Waals surface area (Å²) in [7, 11) is 4.27. The van der Waals surface area contributed by atoms with E-state index in [-0.39, 0.29) is 24.1 Å². The van der Waals surface area contributed by atoms with E-state index in [1.54, 1.807) is 0 Å². The molecule has 1 aromatic heterocycles. The molecule has 2 N–H and O–H groups in total. The fourth-order valence-corrected chi connectivity index (χ4v) is 5.49. The largest absolute Gasteiger partial charge is 0.490 e. The zero-order chi connectivity index (χ0) is 25.1. The number of carbonyl (C=O) groups excluding carboxylic acids is 1. The van der Waals surface area contributed by atoms with Gasteiger partial charge in [0.25, 0.3) is 11.5 Å². The topological polar surface area (TPSA) is 77.7 Å². The molecule has 2 fully saturated rings. The summed E-state index contributed by atoms with van der Waals surface area (Å²) in [6, 6.07) is 6.40. The highest BCUT2D eigenvalue weighted by atomic mass is 16.5. The number of amides is 1. The Hall–Kier alpha value is -2.80. The Morgan fingerprint density at radius 2 is 1.80 bits per heavy atom. The van der Waals surface area contributed by atoms with E-state index in [1.165, 1.54) is 25.7 Å². The zero-order valence-corrected chi connectivity index (χ0v) is 21.9. The number of likely N-dealkylation sites (tertiary alicyclic amines) is 1. The Labute approximate surface area is 208 Å². The molecule has 1 saturated carbocycles. The van der Waals surface area contributed by atoms with Gasteiger partial charge in [0.2, 0.25) is 0 Å². The molecule has 1 aliphatic carbocycles. The molecule has 0 radical (unpaired) electrons. The molecule has 1 aromatic carbocycles. The van der Waals surface area contributed by atoms with Crippen molar-refractivity contribution in [3.63, 3.8) is 0 Å². The summed E-state index contributed by atoms with van der Waals surface area (Å²) in [6.45, 7) is 8.00. The van der Waals surface area contributed by atoms with Gasteiger partial charge in [0.15, 0.2) is 0 Å². The van der Waals surface area contributed by atoms with Crippen molar-refractivity contribution in [2.75, 3.05) is 32.1 Å². The van der Waals surface area contributed by atoms with Crippen molar-refractivity contribution in [1.82, 2.24) is 15.2 Å². The van der Waals surface area contributed by atoms with Gasteiger partial charge in [-0.3, -0.25) is 9.59 Å². The number of hydrogen-bond acceptors (Lipinski definition) is 5. The lowest BCUT2D eigenvalue weighted by Crippen LogP contribution is -2.36. The molecule has 0 atom stereocenters. The van der Waals surface area contributed by atoms with Crippen LogP contribution in [0, 0.1) is 20.8 Å². The highest BCUT2D eigenvalue weighted by molar-refractivity contribution is 5.97. The van der Waals surface area contributed by atoms with Crippen LogP contribution >= 0.6 is 0 Å².